The van der Waals surface area contributed by atoms with Crippen molar-refractivity contribution in [3.63, 3.8) is 0 Å². The number of nitrogens with zero attached hydrogens (tertiary/aromatic N) is 1. The molecular weight excluding hydrogens is 359 g/mol. The first kappa shape index (κ1) is 19.9. The Morgan fingerprint density at radius 3 is 2.44 bits per heavy atom. The van der Waals surface area contributed by atoms with Gasteiger partial charge in [-0.3, -0.25) is 9.69 Å². The SMILES string of the molecule is Cc1ccc(SCCNC(=O)C2CCN(Cc3ccc(F)cc3)CC2)cc1. The zero-order valence-electron chi connectivity index (χ0n) is 15.8. The summed E-state index contributed by atoms with van der Waals surface area (Å²) in [6.45, 7) is 5.43. The van der Waals surface area contributed by atoms with Crippen LogP contribution in [0.1, 0.15) is 24.0 Å². The zero-order valence-corrected chi connectivity index (χ0v) is 16.6. The zero-order chi connectivity index (χ0) is 19.1. The minimum absolute atomic E-state index is 0.110. The Bertz CT molecular complexity index is 725. The molecule has 0 spiro atoms. The van der Waals surface area contributed by atoms with Gasteiger partial charge in [-0.05, 0) is 62.7 Å². The second-order valence-corrected chi connectivity index (χ2v) is 8.30. The van der Waals surface area contributed by atoms with Crippen molar-refractivity contribution in [2.24, 2.45) is 5.92 Å². The second-order valence-electron chi connectivity index (χ2n) is 7.13. The Balaban J connectivity index is 1.33. The molecule has 1 amide bonds. The Kier molecular flexibility index (Phi) is 7.30. The Hall–Kier alpha value is -1.85. The summed E-state index contributed by atoms with van der Waals surface area (Å²) >= 11 is 1.77. The Labute approximate surface area is 165 Å². The van der Waals surface area contributed by atoms with Gasteiger partial charge < -0.3 is 5.32 Å². The van der Waals surface area contributed by atoms with Crippen molar-refractivity contribution in [3.05, 3.63) is 65.5 Å². The van der Waals surface area contributed by atoms with Gasteiger partial charge in [-0.2, -0.15) is 0 Å². The topological polar surface area (TPSA) is 32.3 Å². The smallest absolute Gasteiger partial charge is 0.223 e. The fraction of sp³-hybridized carbons (Fsp3) is 0.409. The standard InChI is InChI=1S/C22H27FN2OS/c1-17-2-8-21(9-3-17)27-15-12-24-22(26)19-10-13-25(14-11-19)16-18-4-6-20(23)7-5-18/h2-9,19H,10-16H2,1H3,(H,24,26). The van der Waals surface area contributed by atoms with Crippen molar-refractivity contribution in [2.75, 3.05) is 25.4 Å². The summed E-state index contributed by atoms with van der Waals surface area (Å²) < 4.78 is 13.0. The highest BCUT2D eigenvalue weighted by Crippen LogP contribution is 2.20. The predicted molar refractivity (Wildman–Crippen MR) is 109 cm³/mol. The van der Waals surface area contributed by atoms with Crippen molar-refractivity contribution < 1.29 is 9.18 Å². The lowest BCUT2D eigenvalue weighted by molar-refractivity contribution is -0.126. The monoisotopic (exact) mass is 386 g/mol. The molecule has 0 atom stereocenters. The highest BCUT2D eigenvalue weighted by atomic mass is 32.2. The highest BCUT2D eigenvalue weighted by molar-refractivity contribution is 7.99. The van der Waals surface area contributed by atoms with Crippen LogP contribution < -0.4 is 5.32 Å². The van der Waals surface area contributed by atoms with Crippen LogP contribution in [0.2, 0.25) is 0 Å². The number of hydrogen-bond acceptors (Lipinski definition) is 3. The quantitative estimate of drug-likeness (QED) is 0.570. The van der Waals surface area contributed by atoms with Crippen LogP contribution in [0, 0.1) is 18.7 Å². The van der Waals surface area contributed by atoms with E-state index >= 15 is 0 Å². The van der Waals surface area contributed by atoms with E-state index in [4.69, 9.17) is 0 Å². The molecule has 2 aromatic rings. The van der Waals surface area contributed by atoms with Crippen LogP contribution in [-0.2, 0) is 11.3 Å². The van der Waals surface area contributed by atoms with Crippen LogP contribution in [0.3, 0.4) is 0 Å². The molecule has 27 heavy (non-hydrogen) atoms. The number of hydrogen-bond donors (Lipinski definition) is 1. The maximum atomic E-state index is 13.0. The lowest BCUT2D eigenvalue weighted by Gasteiger charge is -2.31. The largest absolute Gasteiger partial charge is 0.355 e. The molecule has 1 aliphatic heterocycles. The molecule has 1 fully saturated rings. The molecule has 1 heterocycles. The third-order valence-corrected chi connectivity index (χ3v) is 5.98. The first-order chi connectivity index (χ1) is 13.1. The fourth-order valence-corrected chi connectivity index (χ4v) is 4.09. The maximum Gasteiger partial charge on any atom is 0.223 e. The average Bonchev–Trinajstić information content (AvgIpc) is 2.69. The summed E-state index contributed by atoms with van der Waals surface area (Å²) in [7, 11) is 0. The number of aryl methyl sites for hydroxylation is 1. The molecular formula is C22H27FN2OS. The normalized spacial score (nSPS) is 15.6. The molecule has 3 rings (SSSR count). The van der Waals surface area contributed by atoms with E-state index in [1.807, 2.05) is 12.1 Å². The number of halogens is 1. The lowest BCUT2D eigenvalue weighted by Crippen LogP contribution is -2.40. The van der Waals surface area contributed by atoms with Crippen LogP contribution in [0.25, 0.3) is 0 Å². The molecule has 1 saturated heterocycles. The minimum atomic E-state index is -0.199. The number of carbonyl (C=O) groups excluding carboxylic acids is 1. The van der Waals surface area contributed by atoms with Gasteiger partial charge in [0.1, 0.15) is 5.82 Å². The van der Waals surface area contributed by atoms with Gasteiger partial charge in [0.25, 0.3) is 0 Å². The number of nitrogens with one attached hydrogen (secondary N) is 1. The van der Waals surface area contributed by atoms with Crippen molar-refractivity contribution in [1.29, 1.82) is 0 Å². The molecule has 0 aromatic heterocycles. The number of amides is 1. The van der Waals surface area contributed by atoms with Gasteiger partial charge in [-0.1, -0.05) is 29.8 Å². The summed E-state index contributed by atoms with van der Waals surface area (Å²) in [6.07, 6.45) is 1.77. The summed E-state index contributed by atoms with van der Waals surface area (Å²) in [6, 6.07) is 15.1. The fourth-order valence-electron chi connectivity index (χ4n) is 3.32. The number of piperidine rings is 1. The Morgan fingerprint density at radius 2 is 1.78 bits per heavy atom. The van der Waals surface area contributed by atoms with Crippen molar-refractivity contribution >= 4 is 17.7 Å². The van der Waals surface area contributed by atoms with E-state index in [-0.39, 0.29) is 17.6 Å². The molecule has 0 aliphatic carbocycles. The van der Waals surface area contributed by atoms with E-state index in [1.54, 1.807) is 11.8 Å². The van der Waals surface area contributed by atoms with Crippen LogP contribution in [0.5, 0.6) is 0 Å². The van der Waals surface area contributed by atoms with Crippen LogP contribution in [0.4, 0.5) is 4.39 Å². The Morgan fingerprint density at radius 1 is 1.11 bits per heavy atom. The van der Waals surface area contributed by atoms with E-state index in [0.29, 0.717) is 6.54 Å². The van der Waals surface area contributed by atoms with Gasteiger partial charge in [0.2, 0.25) is 5.91 Å². The lowest BCUT2D eigenvalue weighted by atomic mass is 9.95. The second kappa shape index (κ2) is 9.90. The molecule has 2 aromatic carbocycles. The molecule has 0 saturated carbocycles. The predicted octanol–water partition coefficient (Wildman–Crippen LogP) is 4.25. The van der Waals surface area contributed by atoms with Crippen LogP contribution >= 0.6 is 11.8 Å². The summed E-state index contributed by atoms with van der Waals surface area (Å²) in [5, 5.41) is 3.08. The third-order valence-electron chi connectivity index (χ3n) is 4.97. The number of carbonyl (C=O) groups is 1. The molecule has 1 aliphatic rings. The van der Waals surface area contributed by atoms with Gasteiger partial charge in [-0.25, -0.2) is 4.39 Å². The summed E-state index contributed by atoms with van der Waals surface area (Å²) in [5.41, 5.74) is 2.38. The first-order valence-electron chi connectivity index (χ1n) is 9.54. The van der Waals surface area contributed by atoms with Crippen LogP contribution in [-0.4, -0.2) is 36.2 Å². The van der Waals surface area contributed by atoms with Gasteiger partial charge in [0, 0.05) is 29.7 Å². The highest BCUT2D eigenvalue weighted by Gasteiger charge is 2.24. The van der Waals surface area contributed by atoms with Crippen LogP contribution in [0.15, 0.2) is 53.4 Å². The number of likely N-dealkylation sites (tertiary alicyclic amines) is 1. The molecule has 144 valence electrons. The minimum Gasteiger partial charge on any atom is -0.355 e. The van der Waals surface area contributed by atoms with Crippen molar-refractivity contribution in [2.45, 2.75) is 31.2 Å². The molecule has 5 heteroatoms. The van der Waals surface area contributed by atoms with Gasteiger partial charge in [0.05, 0.1) is 0 Å². The van der Waals surface area contributed by atoms with Crippen molar-refractivity contribution in [1.82, 2.24) is 10.2 Å². The molecule has 0 bridgehead atoms. The summed E-state index contributed by atoms with van der Waals surface area (Å²) in [5.74, 6) is 0.979. The molecule has 0 unspecified atom stereocenters. The van der Waals surface area contributed by atoms with Gasteiger partial charge in [-0.15, -0.1) is 11.8 Å². The third kappa shape index (κ3) is 6.36. The van der Waals surface area contributed by atoms with Crippen molar-refractivity contribution in [3.8, 4) is 0 Å². The van der Waals surface area contributed by atoms with E-state index in [2.05, 4.69) is 41.4 Å². The van der Waals surface area contributed by atoms with Gasteiger partial charge >= 0.3 is 0 Å². The van der Waals surface area contributed by atoms with E-state index in [0.717, 1.165) is 43.8 Å². The number of thioether (sulfide) groups is 1. The number of rotatable bonds is 7. The maximum absolute atomic E-state index is 13.0. The first-order valence-corrected chi connectivity index (χ1v) is 10.5. The molecule has 3 nitrogen and oxygen atoms in total. The number of benzene rings is 2. The summed E-state index contributed by atoms with van der Waals surface area (Å²) in [4.78, 5) is 16.0. The van der Waals surface area contributed by atoms with E-state index in [1.165, 1.54) is 22.6 Å². The van der Waals surface area contributed by atoms with E-state index < -0.39 is 0 Å². The van der Waals surface area contributed by atoms with E-state index in [9.17, 15) is 9.18 Å². The average molecular weight is 387 g/mol. The molecule has 1 N–H and O–H groups in total. The molecule has 0 radical (unpaired) electrons. The van der Waals surface area contributed by atoms with Gasteiger partial charge in [0.15, 0.2) is 0 Å².